The van der Waals surface area contributed by atoms with Gasteiger partial charge in [0.15, 0.2) is 0 Å². The first-order valence-corrected chi connectivity index (χ1v) is 9.71. The van der Waals surface area contributed by atoms with Gasteiger partial charge in [-0.2, -0.15) is 11.8 Å². The Morgan fingerprint density at radius 2 is 2.00 bits per heavy atom. The van der Waals surface area contributed by atoms with Crippen molar-refractivity contribution < 1.29 is 9.59 Å². The Hall–Kier alpha value is -0.910. The van der Waals surface area contributed by atoms with Crippen LogP contribution in [-0.2, 0) is 4.79 Å². The van der Waals surface area contributed by atoms with Crippen LogP contribution in [0.3, 0.4) is 0 Å². The lowest BCUT2D eigenvalue weighted by molar-refractivity contribution is -0.132. The first-order valence-electron chi connectivity index (χ1n) is 7.56. The van der Waals surface area contributed by atoms with Crippen LogP contribution in [0, 0.1) is 0 Å². The van der Waals surface area contributed by atoms with Crippen LogP contribution < -0.4 is 5.32 Å². The normalized spacial score (nSPS) is 15.5. The molecular formula is C16H20Cl2N2O2S. The third kappa shape index (κ3) is 5.03. The average molecular weight is 375 g/mol. The van der Waals surface area contributed by atoms with E-state index in [1.54, 1.807) is 23.9 Å². The molecule has 0 bridgehead atoms. The zero-order valence-corrected chi connectivity index (χ0v) is 15.3. The SMILES string of the molecule is CSCC[C@H](NC(=O)c1ccc(Cl)cc1Cl)C(=O)N1CCCC1. The van der Waals surface area contributed by atoms with Gasteiger partial charge in [-0.05, 0) is 49.5 Å². The molecule has 2 amide bonds. The van der Waals surface area contributed by atoms with Gasteiger partial charge in [0.1, 0.15) is 6.04 Å². The summed E-state index contributed by atoms with van der Waals surface area (Å²) in [6, 6.07) is 4.20. The average Bonchev–Trinajstić information content (AvgIpc) is 3.04. The number of halogens is 2. The largest absolute Gasteiger partial charge is 0.341 e. The van der Waals surface area contributed by atoms with Crippen LogP contribution in [0.1, 0.15) is 29.6 Å². The van der Waals surface area contributed by atoms with Gasteiger partial charge in [0.2, 0.25) is 5.91 Å². The molecule has 23 heavy (non-hydrogen) atoms. The number of nitrogens with one attached hydrogen (secondary N) is 1. The number of carbonyl (C=O) groups excluding carboxylic acids is 2. The van der Waals surface area contributed by atoms with Crippen molar-refractivity contribution in [1.29, 1.82) is 0 Å². The molecule has 0 spiro atoms. The summed E-state index contributed by atoms with van der Waals surface area (Å²) in [5, 5.41) is 3.59. The Labute approximate surface area is 150 Å². The van der Waals surface area contributed by atoms with Gasteiger partial charge >= 0.3 is 0 Å². The van der Waals surface area contributed by atoms with Gasteiger partial charge in [0.25, 0.3) is 5.91 Å². The first-order chi connectivity index (χ1) is 11.0. The highest BCUT2D eigenvalue weighted by atomic mass is 35.5. The summed E-state index contributed by atoms with van der Waals surface area (Å²) in [4.78, 5) is 26.9. The maximum atomic E-state index is 12.6. The molecule has 0 aromatic heterocycles. The standard InChI is InChI=1S/C16H20Cl2N2O2S/c1-23-9-6-14(16(22)20-7-2-3-8-20)19-15(21)12-5-4-11(17)10-13(12)18/h4-5,10,14H,2-3,6-9H2,1H3,(H,19,21)/t14-/m0/s1. The van der Waals surface area contributed by atoms with Crippen molar-refractivity contribution in [2.75, 3.05) is 25.1 Å². The van der Waals surface area contributed by atoms with Crippen LogP contribution in [-0.4, -0.2) is 47.9 Å². The van der Waals surface area contributed by atoms with Crippen LogP contribution in [0.25, 0.3) is 0 Å². The third-order valence-corrected chi connectivity index (χ3v) is 5.00. The van der Waals surface area contributed by atoms with E-state index in [1.807, 2.05) is 11.2 Å². The third-order valence-electron chi connectivity index (χ3n) is 3.81. The summed E-state index contributed by atoms with van der Waals surface area (Å²) in [6.07, 6.45) is 4.64. The Morgan fingerprint density at radius 1 is 1.30 bits per heavy atom. The van der Waals surface area contributed by atoms with Crippen molar-refractivity contribution in [3.05, 3.63) is 33.8 Å². The second-order valence-electron chi connectivity index (χ2n) is 5.46. The maximum absolute atomic E-state index is 12.6. The van der Waals surface area contributed by atoms with Gasteiger partial charge in [-0.1, -0.05) is 23.2 Å². The van der Waals surface area contributed by atoms with E-state index >= 15 is 0 Å². The fourth-order valence-electron chi connectivity index (χ4n) is 2.56. The van der Waals surface area contributed by atoms with Crippen molar-refractivity contribution in [2.24, 2.45) is 0 Å². The first kappa shape index (κ1) is 18.4. The lowest BCUT2D eigenvalue weighted by Crippen LogP contribution is -2.48. The number of likely N-dealkylation sites (tertiary alicyclic amines) is 1. The van der Waals surface area contributed by atoms with E-state index in [2.05, 4.69) is 5.32 Å². The van der Waals surface area contributed by atoms with Crippen molar-refractivity contribution >= 4 is 46.8 Å². The molecule has 1 aromatic carbocycles. The lowest BCUT2D eigenvalue weighted by atomic mass is 10.1. The minimum absolute atomic E-state index is 0.00464. The minimum Gasteiger partial charge on any atom is -0.341 e. The summed E-state index contributed by atoms with van der Waals surface area (Å²) >= 11 is 13.6. The molecule has 0 aliphatic carbocycles. The predicted molar refractivity (Wildman–Crippen MR) is 96.5 cm³/mol. The van der Waals surface area contributed by atoms with Crippen molar-refractivity contribution in [3.63, 3.8) is 0 Å². The highest BCUT2D eigenvalue weighted by Gasteiger charge is 2.28. The highest BCUT2D eigenvalue weighted by Crippen LogP contribution is 2.21. The number of hydrogen-bond donors (Lipinski definition) is 1. The van der Waals surface area contributed by atoms with Crippen molar-refractivity contribution in [2.45, 2.75) is 25.3 Å². The van der Waals surface area contributed by atoms with E-state index in [-0.39, 0.29) is 16.8 Å². The van der Waals surface area contributed by atoms with Crippen molar-refractivity contribution in [3.8, 4) is 0 Å². The van der Waals surface area contributed by atoms with E-state index in [4.69, 9.17) is 23.2 Å². The van der Waals surface area contributed by atoms with Gasteiger partial charge < -0.3 is 10.2 Å². The fraction of sp³-hybridized carbons (Fsp3) is 0.500. The smallest absolute Gasteiger partial charge is 0.253 e. The number of amides is 2. The Balaban J connectivity index is 2.09. The highest BCUT2D eigenvalue weighted by molar-refractivity contribution is 7.98. The molecule has 1 saturated heterocycles. The monoisotopic (exact) mass is 374 g/mol. The second kappa shape index (κ2) is 8.81. The molecule has 1 N–H and O–H groups in total. The molecule has 7 heteroatoms. The Kier molecular flexibility index (Phi) is 7.06. The molecule has 1 aliphatic rings. The number of benzene rings is 1. The Bertz CT molecular complexity index is 577. The van der Waals surface area contributed by atoms with Crippen LogP contribution in [0.2, 0.25) is 10.0 Å². The lowest BCUT2D eigenvalue weighted by Gasteiger charge is -2.24. The molecule has 1 aliphatic heterocycles. The number of thioether (sulfide) groups is 1. The Morgan fingerprint density at radius 3 is 2.61 bits per heavy atom. The van der Waals surface area contributed by atoms with Gasteiger partial charge in [-0.15, -0.1) is 0 Å². The molecule has 126 valence electrons. The zero-order valence-electron chi connectivity index (χ0n) is 13.0. The van der Waals surface area contributed by atoms with Crippen LogP contribution in [0.15, 0.2) is 18.2 Å². The number of nitrogens with zero attached hydrogens (tertiary/aromatic N) is 1. The van der Waals surface area contributed by atoms with Crippen LogP contribution in [0.4, 0.5) is 0 Å². The molecule has 1 heterocycles. The van der Waals surface area contributed by atoms with Crippen LogP contribution >= 0.6 is 35.0 Å². The van der Waals surface area contributed by atoms with E-state index in [0.29, 0.717) is 17.0 Å². The van der Waals surface area contributed by atoms with E-state index in [9.17, 15) is 9.59 Å². The zero-order chi connectivity index (χ0) is 16.8. The molecule has 1 atom stereocenters. The summed E-state index contributed by atoms with van der Waals surface area (Å²) in [5.41, 5.74) is 0.333. The van der Waals surface area contributed by atoms with Gasteiger partial charge in [-0.3, -0.25) is 9.59 Å². The summed E-state index contributed by atoms with van der Waals surface area (Å²) < 4.78 is 0. The minimum atomic E-state index is -0.514. The number of hydrogen-bond acceptors (Lipinski definition) is 3. The quantitative estimate of drug-likeness (QED) is 0.829. The molecule has 0 saturated carbocycles. The van der Waals surface area contributed by atoms with E-state index in [1.165, 1.54) is 6.07 Å². The van der Waals surface area contributed by atoms with Gasteiger partial charge in [-0.25, -0.2) is 0 Å². The second-order valence-corrected chi connectivity index (χ2v) is 7.29. The molecule has 1 fully saturated rings. The predicted octanol–water partition coefficient (Wildman–Crippen LogP) is 3.47. The van der Waals surface area contributed by atoms with Gasteiger partial charge in [0.05, 0.1) is 10.6 Å². The van der Waals surface area contributed by atoms with E-state index in [0.717, 1.165) is 31.7 Å². The molecule has 2 rings (SSSR count). The summed E-state index contributed by atoms with van der Waals surface area (Å²) in [5.74, 6) is 0.457. The summed E-state index contributed by atoms with van der Waals surface area (Å²) in [6.45, 7) is 1.54. The van der Waals surface area contributed by atoms with E-state index < -0.39 is 6.04 Å². The van der Waals surface area contributed by atoms with Crippen LogP contribution in [0.5, 0.6) is 0 Å². The fourth-order valence-corrected chi connectivity index (χ4v) is 3.53. The topological polar surface area (TPSA) is 49.4 Å². The maximum Gasteiger partial charge on any atom is 0.253 e. The summed E-state index contributed by atoms with van der Waals surface area (Å²) in [7, 11) is 0. The number of carbonyl (C=O) groups is 2. The van der Waals surface area contributed by atoms with Gasteiger partial charge in [0, 0.05) is 18.1 Å². The molecular weight excluding hydrogens is 355 g/mol. The molecule has 4 nitrogen and oxygen atoms in total. The molecule has 1 aromatic rings. The van der Waals surface area contributed by atoms with Crippen molar-refractivity contribution in [1.82, 2.24) is 10.2 Å². The molecule has 0 radical (unpaired) electrons. The number of rotatable bonds is 6. The molecule has 0 unspecified atom stereocenters.